The number of ether oxygens (including phenoxy) is 1. The highest BCUT2D eigenvalue weighted by atomic mass is 32.2. The first kappa shape index (κ1) is 24.8. The molecule has 38 heavy (non-hydrogen) atoms. The van der Waals surface area contributed by atoms with Crippen LogP contribution >= 0.6 is 0 Å². The number of hydrogen-bond donors (Lipinski definition) is 1. The zero-order valence-corrected chi connectivity index (χ0v) is 22.5. The van der Waals surface area contributed by atoms with Crippen LogP contribution in [0.25, 0.3) is 11.3 Å². The van der Waals surface area contributed by atoms with Crippen LogP contribution in [0.4, 0.5) is 5.95 Å². The van der Waals surface area contributed by atoms with Crippen molar-refractivity contribution in [1.29, 1.82) is 0 Å². The Morgan fingerprint density at radius 2 is 1.79 bits per heavy atom. The Hall–Kier alpha value is -3.50. The lowest BCUT2D eigenvalue weighted by atomic mass is 9.82. The Morgan fingerprint density at radius 1 is 1.03 bits per heavy atom. The Balaban J connectivity index is 1.54. The molecule has 6 rings (SSSR count). The zero-order chi connectivity index (χ0) is 26.6. The van der Waals surface area contributed by atoms with Gasteiger partial charge in [0, 0.05) is 23.7 Å². The van der Waals surface area contributed by atoms with Gasteiger partial charge in [0.2, 0.25) is 11.8 Å². The summed E-state index contributed by atoms with van der Waals surface area (Å²) in [4.78, 5) is 26.8. The van der Waals surface area contributed by atoms with Gasteiger partial charge in [0.1, 0.15) is 6.10 Å². The number of rotatable bonds is 1. The molecular formula is C28H31N5O4S. The molecule has 0 aliphatic carbocycles. The minimum Gasteiger partial charge on any atom is -0.471 e. The number of amides is 1. The molecule has 0 saturated carbocycles. The van der Waals surface area contributed by atoms with E-state index in [1.165, 1.54) is 12.1 Å². The van der Waals surface area contributed by atoms with Crippen molar-refractivity contribution in [1.82, 2.24) is 19.8 Å². The third-order valence-electron chi connectivity index (χ3n) is 7.93. The number of hydrogen-bond acceptors (Lipinski definition) is 7. The van der Waals surface area contributed by atoms with Crippen molar-refractivity contribution >= 4 is 21.9 Å². The van der Waals surface area contributed by atoms with E-state index in [1.54, 1.807) is 23.1 Å². The van der Waals surface area contributed by atoms with Gasteiger partial charge < -0.3 is 9.64 Å². The van der Waals surface area contributed by atoms with Crippen LogP contribution in [0, 0.1) is 19.8 Å². The number of nitrogens with one attached hydrogen (secondary N) is 1. The summed E-state index contributed by atoms with van der Waals surface area (Å²) in [5.41, 5.74) is 3.83. The molecule has 6 bridgehead atoms. The second kappa shape index (κ2) is 9.36. The van der Waals surface area contributed by atoms with Crippen LogP contribution in [0.2, 0.25) is 0 Å². The van der Waals surface area contributed by atoms with Crippen LogP contribution in [0.5, 0.6) is 5.88 Å². The number of sulfonamides is 1. The third kappa shape index (κ3) is 4.41. The molecule has 2 unspecified atom stereocenters. The van der Waals surface area contributed by atoms with Gasteiger partial charge in [-0.3, -0.25) is 9.69 Å². The van der Waals surface area contributed by atoms with Crippen LogP contribution in [-0.4, -0.2) is 72.9 Å². The van der Waals surface area contributed by atoms with Crippen LogP contribution in [-0.2, 0) is 10.0 Å². The molecule has 3 aliphatic rings. The van der Waals surface area contributed by atoms with E-state index in [-0.39, 0.29) is 40.7 Å². The van der Waals surface area contributed by atoms with E-state index in [4.69, 9.17) is 4.74 Å². The van der Waals surface area contributed by atoms with Crippen molar-refractivity contribution in [3.8, 4) is 17.1 Å². The molecule has 9 nitrogen and oxygen atoms in total. The maximum Gasteiger partial charge on any atom is 0.264 e. The molecule has 198 valence electrons. The van der Waals surface area contributed by atoms with E-state index in [1.807, 2.05) is 32.0 Å². The van der Waals surface area contributed by atoms with Gasteiger partial charge in [-0.1, -0.05) is 24.3 Å². The summed E-state index contributed by atoms with van der Waals surface area (Å²) in [6.45, 7) is 5.93. The molecule has 2 aromatic carbocycles. The fourth-order valence-electron chi connectivity index (χ4n) is 6.22. The standard InChI is InChI=1S/C28H31N5O4S/c1-17-7-4-8-18(2)25(17)22-14-24-30-28(29-22)31-38(35,36)21-11-5-9-19(13-21)27(34)33-15-20-10-6-12-32(3)26(20)23(16-33)37-24/h4-5,7-9,11,13-14,20,23,26H,6,10,12,15-16H2,1-3H3,(H,29,30,31)/t20?,23-,26?/m0/s1. The number of anilines is 1. The van der Waals surface area contributed by atoms with E-state index in [2.05, 4.69) is 26.6 Å². The fraction of sp³-hybridized carbons (Fsp3) is 0.393. The summed E-state index contributed by atoms with van der Waals surface area (Å²) in [5.74, 6) is 0.247. The number of aromatic nitrogens is 2. The lowest BCUT2D eigenvalue weighted by Gasteiger charge is -2.49. The quantitative estimate of drug-likeness (QED) is 0.511. The molecule has 1 amide bonds. The van der Waals surface area contributed by atoms with Crippen molar-refractivity contribution in [2.75, 3.05) is 31.4 Å². The van der Waals surface area contributed by atoms with Crippen molar-refractivity contribution < 1.29 is 17.9 Å². The predicted molar refractivity (Wildman–Crippen MR) is 144 cm³/mol. The number of piperidine rings is 2. The highest BCUT2D eigenvalue weighted by molar-refractivity contribution is 7.92. The summed E-state index contributed by atoms with van der Waals surface area (Å²) >= 11 is 0. The monoisotopic (exact) mass is 533 g/mol. The molecule has 3 atom stereocenters. The minimum atomic E-state index is -4.06. The van der Waals surface area contributed by atoms with Crippen molar-refractivity contribution in [2.24, 2.45) is 5.92 Å². The molecule has 2 saturated heterocycles. The molecule has 3 aromatic rings. The second-order valence-corrected chi connectivity index (χ2v) is 12.2. The van der Waals surface area contributed by atoms with Crippen molar-refractivity contribution in [2.45, 2.75) is 43.7 Å². The van der Waals surface area contributed by atoms with Gasteiger partial charge in [0.15, 0.2) is 0 Å². The van der Waals surface area contributed by atoms with Crippen molar-refractivity contribution in [3.63, 3.8) is 0 Å². The Labute approximate surface area is 222 Å². The Morgan fingerprint density at radius 3 is 2.58 bits per heavy atom. The summed E-state index contributed by atoms with van der Waals surface area (Å²) < 4.78 is 35.9. The second-order valence-electron chi connectivity index (χ2n) is 10.6. The van der Waals surface area contributed by atoms with E-state index in [0.29, 0.717) is 24.3 Å². The van der Waals surface area contributed by atoms with Crippen molar-refractivity contribution in [3.05, 3.63) is 65.2 Å². The first-order chi connectivity index (χ1) is 18.2. The summed E-state index contributed by atoms with van der Waals surface area (Å²) in [5, 5.41) is 0. The maximum atomic E-state index is 13.6. The van der Waals surface area contributed by atoms with Gasteiger partial charge >= 0.3 is 0 Å². The SMILES string of the molecule is Cc1cccc(C)c1-c1cc2nc(n1)NS(=O)(=O)c1cccc(c1)C(=O)N1CC3CCCN(C)C3[C@H](C1)O2. The van der Waals surface area contributed by atoms with Gasteiger partial charge in [-0.05, 0) is 75.5 Å². The van der Waals surface area contributed by atoms with Gasteiger partial charge in [0.25, 0.3) is 15.9 Å². The molecule has 0 radical (unpaired) electrons. The first-order valence-corrected chi connectivity index (χ1v) is 14.4. The average Bonchev–Trinajstić information content (AvgIpc) is 2.87. The van der Waals surface area contributed by atoms with E-state index < -0.39 is 10.0 Å². The van der Waals surface area contributed by atoms with E-state index in [0.717, 1.165) is 36.1 Å². The topological polar surface area (TPSA) is 105 Å². The highest BCUT2D eigenvalue weighted by Gasteiger charge is 2.44. The minimum absolute atomic E-state index is 0.0185. The average molecular weight is 534 g/mol. The summed E-state index contributed by atoms with van der Waals surface area (Å²) in [6, 6.07) is 14.0. The lowest BCUT2D eigenvalue weighted by Crippen LogP contribution is -2.63. The normalized spacial score (nSPS) is 24.7. The number of carbonyl (C=O) groups excluding carboxylic acids is 1. The smallest absolute Gasteiger partial charge is 0.264 e. The third-order valence-corrected chi connectivity index (χ3v) is 9.26. The predicted octanol–water partition coefficient (Wildman–Crippen LogP) is 3.49. The van der Waals surface area contributed by atoms with Crippen LogP contribution in [0.15, 0.2) is 53.4 Å². The van der Waals surface area contributed by atoms with E-state index in [9.17, 15) is 13.2 Å². The molecule has 1 aromatic heterocycles. The molecule has 2 fully saturated rings. The molecular weight excluding hydrogens is 502 g/mol. The zero-order valence-electron chi connectivity index (χ0n) is 21.7. The number of benzene rings is 2. The van der Waals surface area contributed by atoms with E-state index >= 15 is 0 Å². The number of aryl methyl sites for hydroxylation is 2. The number of likely N-dealkylation sites (N-methyl/N-ethyl adjacent to an activating group) is 1. The number of carbonyl (C=O) groups is 1. The van der Waals surface area contributed by atoms with Crippen LogP contribution < -0.4 is 9.46 Å². The molecule has 0 spiro atoms. The highest BCUT2D eigenvalue weighted by Crippen LogP contribution is 2.35. The fourth-order valence-corrected chi connectivity index (χ4v) is 7.20. The lowest BCUT2D eigenvalue weighted by molar-refractivity contribution is -0.0394. The Kier molecular flexibility index (Phi) is 6.11. The Bertz CT molecular complexity index is 1510. The molecule has 4 heterocycles. The van der Waals surface area contributed by atoms with Gasteiger partial charge in [-0.25, -0.2) is 18.1 Å². The maximum absolute atomic E-state index is 13.6. The first-order valence-electron chi connectivity index (χ1n) is 12.9. The molecule has 3 aliphatic heterocycles. The van der Waals surface area contributed by atoms with Crippen LogP contribution in [0.1, 0.15) is 34.3 Å². The van der Waals surface area contributed by atoms with Gasteiger partial charge in [0.05, 0.1) is 23.2 Å². The molecule has 10 heteroatoms. The number of fused-ring (bicyclic) bond motifs is 8. The van der Waals surface area contributed by atoms with Gasteiger partial charge in [-0.2, -0.15) is 4.98 Å². The number of likely N-dealkylation sites (tertiary alicyclic amines) is 1. The number of nitrogens with zero attached hydrogens (tertiary/aromatic N) is 4. The van der Waals surface area contributed by atoms with Crippen LogP contribution in [0.3, 0.4) is 0 Å². The molecule has 1 N–H and O–H groups in total. The summed E-state index contributed by atoms with van der Waals surface area (Å²) in [7, 11) is -1.96. The largest absolute Gasteiger partial charge is 0.471 e. The van der Waals surface area contributed by atoms with Gasteiger partial charge in [-0.15, -0.1) is 0 Å². The summed E-state index contributed by atoms with van der Waals surface area (Å²) in [6.07, 6.45) is 1.72.